The second-order valence-electron chi connectivity index (χ2n) is 4.28. The zero-order valence-corrected chi connectivity index (χ0v) is 9.48. The lowest BCUT2D eigenvalue weighted by atomic mass is 10.0. The monoisotopic (exact) mass is 223 g/mol. The molecule has 1 aliphatic rings. The molecule has 0 saturated carbocycles. The highest BCUT2D eigenvalue weighted by molar-refractivity contribution is 5.94. The molecule has 2 rings (SSSR count). The molecule has 0 bridgehead atoms. The number of nitrogens with zero attached hydrogens (tertiary/aromatic N) is 1. The minimum atomic E-state index is -0.0319. The van der Waals surface area contributed by atoms with E-state index in [9.17, 15) is 9.90 Å². The molecule has 1 aromatic heterocycles. The standard InChI is InChI=1S/C12H17NO3/c1-9-6-10(8-16-9)12(15)13-5-3-2-4-11(13)7-14/h6,8,11,14H,2-5,7H2,1H3. The van der Waals surface area contributed by atoms with Crippen molar-refractivity contribution < 1.29 is 14.3 Å². The Kier molecular flexibility index (Phi) is 3.29. The van der Waals surface area contributed by atoms with E-state index in [-0.39, 0.29) is 18.6 Å². The molecule has 16 heavy (non-hydrogen) atoms. The fraction of sp³-hybridized carbons (Fsp3) is 0.583. The number of aryl methyl sites for hydroxylation is 1. The molecule has 0 spiro atoms. The maximum atomic E-state index is 12.1. The van der Waals surface area contributed by atoms with E-state index in [2.05, 4.69) is 0 Å². The fourth-order valence-corrected chi connectivity index (χ4v) is 2.18. The van der Waals surface area contributed by atoms with Crippen molar-refractivity contribution in [3.8, 4) is 0 Å². The summed E-state index contributed by atoms with van der Waals surface area (Å²) in [6.07, 6.45) is 4.47. The Labute approximate surface area is 94.9 Å². The van der Waals surface area contributed by atoms with Crippen molar-refractivity contribution in [1.29, 1.82) is 0 Å². The molecular weight excluding hydrogens is 206 g/mol. The van der Waals surface area contributed by atoms with Crippen molar-refractivity contribution in [3.63, 3.8) is 0 Å². The lowest BCUT2D eigenvalue weighted by molar-refractivity contribution is 0.0502. The van der Waals surface area contributed by atoms with E-state index in [0.29, 0.717) is 5.56 Å². The van der Waals surface area contributed by atoms with Crippen molar-refractivity contribution in [2.45, 2.75) is 32.2 Å². The van der Waals surface area contributed by atoms with Gasteiger partial charge in [0.15, 0.2) is 0 Å². The minimum absolute atomic E-state index is 0.0311. The van der Waals surface area contributed by atoms with Gasteiger partial charge in [0, 0.05) is 6.54 Å². The molecule has 4 heteroatoms. The summed E-state index contributed by atoms with van der Waals surface area (Å²) in [6, 6.07) is 1.71. The average molecular weight is 223 g/mol. The van der Waals surface area contributed by atoms with Crippen LogP contribution < -0.4 is 0 Å². The Balaban J connectivity index is 2.13. The number of likely N-dealkylation sites (tertiary alicyclic amines) is 1. The van der Waals surface area contributed by atoms with Gasteiger partial charge >= 0.3 is 0 Å². The molecule has 0 aliphatic carbocycles. The van der Waals surface area contributed by atoms with Crippen molar-refractivity contribution >= 4 is 5.91 Å². The van der Waals surface area contributed by atoms with Crippen LogP contribution in [0.15, 0.2) is 16.7 Å². The van der Waals surface area contributed by atoms with Gasteiger partial charge in [0.2, 0.25) is 0 Å². The number of amides is 1. The maximum absolute atomic E-state index is 12.1. The van der Waals surface area contributed by atoms with E-state index in [1.165, 1.54) is 6.26 Å². The number of aliphatic hydroxyl groups is 1. The van der Waals surface area contributed by atoms with Gasteiger partial charge in [0.25, 0.3) is 5.91 Å². The van der Waals surface area contributed by atoms with E-state index in [1.54, 1.807) is 11.0 Å². The van der Waals surface area contributed by atoms with Crippen LogP contribution in [-0.4, -0.2) is 35.1 Å². The van der Waals surface area contributed by atoms with Gasteiger partial charge in [-0.05, 0) is 32.3 Å². The van der Waals surface area contributed by atoms with Gasteiger partial charge in [0.05, 0.1) is 18.2 Å². The second kappa shape index (κ2) is 4.70. The van der Waals surface area contributed by atoms with Crippen LogP contribution in [0.5, 0.6) is 0 Å². The Morgan fingerprint density at radius 2 is 2.44 bits per heavy atom. The van der Waals surface area contributed by atoms with Crippen LogP contribution >= 0.6 is 0 Å². The molecular formula is C12H17NO3. The first kappa shape index (κ1) is 11.2. The number of piperidine rings is 1. The molecule has 4 nitrogen and oxygen atoms in total. The summed E-state index contributed by atoms with van der Waals surface area (Å²) in [7, 11) is 0. The first-order valence-corrected chi connectivity index (χ1v) is 5.69. The maximum Gasteiger partial charge on any atom is 0.257 e. The third-order valence-corrected chi connectivity index (χ3v) is 3.08. The highest BCUT2D eigenvalue weighted by Crippen LogP contribution is 2.20. The summed E-state index contributed by atoms with van der Waals surface area (Å²) in [4.78, 5) is 13.9. The van der Waals surface area contributed by atoms with Crippen LogP contribution in [0.25, 0.3) is 0 Å². The molecule has 1 atom stereocenters. The molecule has 1 amide bonds. The Bertz CT molecular complexity index is 372. The summed E-state index contributed by atoms with van der Waals surface area (Å²) >= 11 is 0. The lowest BCUT2D eigenvalue weighted by Gasteiger charge is -2.34. The molecule has 88 valence electrons. The summed E-state index contributed by atoms with van der Waals surface area (Å²) in [5.74, 6) is 0.705. The quantitative estimate of drug-likeness (QED) is 0.828. The highest BCUT2D eigenvalue weighted by Gasteiger charge is 2.27. The van der Waals surface area contributed by atoms with Gasteiger partial charge < -0.3 is 14.4 Å². The Hall–Kier alpha value is -1.29. The molecule has 1 unspecified atom stereocenters. The predicted octanol–water partition coefficient (Wildman–Crippen LogP) is 1.58. The third-order valence-electron chi connectivity index (χ3n) is 3.08. The normalized spacial score (nSPS) is 21.1. The molecule has 1 saturated heterocycles. The number of carbonyl (C=O) groups is 1. The predicted molar refractivity (Wildman–Crippen MR) is 59.2 cm³/mol. The molecule has 1 fully saturated rings. The summed E-state index contributed by atoms with van der Waals surface area (Å²) in [5, 5.41) is 9.25. The minimum Gasteiger partial charge on any atom is -0.469 e. The van der Waals surface area contributed by atoms with Crippen LogP contribution in [0.4, 0.5) is 0 Å². The number of rotatable bonds is 2. The van der Waals surface area contributed by atoms with Gasteiger partial charge in [0.1, 0.15) is 12.0 Å². The Morgan fingerprint density at radius 1 is 1.62 bits per heavy atom. The fourth-order valence-electron chi connectivity index (χ4n) is 2.18. The van der Waals surface area contributed by atoms with Crippen LogP contribution in [0.2, 0.25) is 0 Å². The number of aliphatic hydroxyl groups excluding tert-OH is 1. The largest absolute Gasteiger partial charge is 0.469 e. The van der Waals surface area contributed by atoms with Crippen LogP contribution in [0.1, 0.15) is 35.4 Å². The summed E-state index contributed by atoms with van der Waals surface area (Å²) in [5.41, 5.74) is 0.581. The molecule has 1 aliphatic heterocycles. The van der Waals surface area contributed by atoms with Crippen molar-refractivity contribution in [3.05, 3.63) is 23.7 Å². The first-order valence-electron chi connectivity index (χ1n) is 5.69. The van der Waals surface area contributed by atoms with Crippen molar-refractivity contribution in [1.82, 2.24) is 4.90 Å². The molecule has 0 aromatic carbocycles. The highest BCUT2D eigenvalue weighted by atomic mass is 16.3. The Morgan fingerprint density at radius 3 is 3.06 bits per heavy atom. The zero-order chi connectivity index (χ0) is 11.5. The molecule has 0 radical (unpaired) electrons. The smallest absolute Gasteiger partial charge is 0.257 e. The molecule has 1 aromatic rings. The van der Waals surface area contributed by atoms with Gasteiger partial charge in [-0.2, -0.15) is 0 Å². The van der Waals surface area contributed by atoms with Crippen molar-refractivity contribution in [2.75, 3.05) is 13.2 Å². The van der Waals surface area contributed by atoms with Crippen LogP contribution in [0.3, 0.4) is 0 Å². The van der Waals surface area contributed by atoms with E-state index < -0.39 is 0 Å². The average Bonchev–Trinajstić information content (AvgIpc) is 2.75. The van der Waals surface area contributed by atoms with Gasteiger partial charge in [-0.1, -0.05) is 0 Å². The van der Waals surface area contributed by atoms with E-state index in [1.807, 2.05) is 6.92 Å². The lowest BCUT2D eigenvalue weighted by Crippen LogP contribution is -2.45. The van der Waals surface area contributed by atoms with E-state index >= 15 is 0 Å². The number of furan rings is 1. The van der Waals surface area contributed by atoms with Crippen molar-refractivity contribution in [2.24, 2.45) is 0 Å². The summed E-state index contributed by atoms with van der Waals surface area (Å²) < 4.78 is 5.14. The second-order valence-corrected chi connectivity index (χ2v) is 4.28. The summed E-state index contributed by atoms with van der Waals surface area (Å²) in [6.45, 7) is 2.59. The zero-order valence-electron chi connectivity index (χ0n) is 9.48. The van der Waals surface area contributed by atoms with Gasteiger partial charge in [-0.15, -0.1) is 0 Å². The molecule has 1 N–H and O–H groups in total. The molecule has 2 heterocycles. The first-order chi connectivity index (χ1) is 7.72. The van der Waals surface area contributed by atoms with Crippen LogP contribution in [0, 0.1) is 6.92 Å². The number of carbonyl (C=O) groups excluding carboxylic acids is 1. The van der Waals surface area contributed by atoms with Gasteiger partial charge in [-0.25, -0.2) is 0 Å². The SMILES string of the molecule is Cc1cc(C(=O)N2CCCCC2CO)co1. The van der Waals surface area contributed by atoms with E-state index in [4.69, 9.17) is 4.42 Å². The third kappa shape index (κ3) is 2.11. The number of hydrogen-bond acceptors (Lipinski definition) is 3. The van der Waals surface area contributed by atoms with E-state index in [0.717, 1.165) is 31.6 Å². The topological polar surface area (TPSA) is 53.7 Å². The van der Waals surface area contributed by atoms with Crippen LogP contribution in [-0.2, 0) is 0 Å². The van der Waals surface area contributed by atoms with Gasteiger partial charge in [-0.3, -0.25) is 4.79 Å². The number of hydrogen-bond donors (Lipinski definition) is 1.